The topological polar surface area (TPSA) is 145 Å². The van der Waals surface area contributed by atoms with Gasteiger partial charge in [-0.15, -0.1) is 0 Å². The zero-order valence-corrected chi connectivity index (χ0v) is 23.3. The van der Waals surface area contributed by atoms with E-state index >= 15 is 0 Å². The first kappa shape index (κ1) is 26.4. The molecule has 2 bridgehead atoms. The Bertz CT molecular complexity index is 1390. The number of allylic oxidation sites excluding steroid dienone is 2. The normalized spacial score (nSPS) is 39.3. The maximum atomic E-state index is 13.6. The molecule has 3 heterocycles. The van der Waals surface area contributed by atoms with E-state index in [1.54, 1.807) is 6.07 Å². The van der Waals surface area contributed by atoms with Crippen LogP contribution in [-0.4, -0.2) is 87.9 Å². The van der Waals surface area contributed by atoms with Gasteiger partial charge in [-0.1, -0.05) is 18.2 Å². The zero-order chi connectivity index (χ0) is 28.2. The summed E-state index contributed by atoms with van der Waals surface area (Å²) in [6, 6.07) is 3.26. The lowest BCUT2D eigenvalue weighted by molar-refractivity contribution is -0.201. The Morgan fingerprint density at radius 1 is 1.05 bits per heavy atom. The van der Waals surface area contributed by atoms with Crippen molar-refractivity contribution in [3.05, 3.63) is 35.4 Å². The molecule has 2 saturated carbocycles. The van der Waals surface area contributed by atoms with Crippen LogP contribution in [-0.2, 0) is 31.5 Å². The van der Waals surface area contributed by atoms with Crippen molar-refractivity contribution in [2.24, 2.45) is 17.8 Å². The minimum Gasteiger partial charge on any atom is -0.504 e. The summed E-state index contributed by atoms with van der Waals surface area (Å²) >= 11 is 0. The number of amides is 2. The third kappa shape index (κ3) is 3.66. The number of carbonyl (C=O) groups is 2. The van der Waals surface area contributed by atoms with Gasteiger partial charge in [-0.25, -0.2) is 0 Å². The van der Waals surface area contributed by atoms with Gasteiger partial charge in [-0.05, 0) is 75.5 Å². The van der Waals surface area contributed by atoms with Crippen molar-refractivity contribution in [1.29, 1.82) is 0 Å². The highest BCUT2D eigenvalue weighted by atomic mass is 32.2. The van der Waals surface area contributed by atoms with E-state index in [0.29, 0.717) is 44.1 Å². The van der Waals surface area contributed by atoms with E-state index in [-0.39, 0.29) is 35.4 Å². The van der Waals surface area contributed by atoms with Gasteiger partial charge >= 0.3 is 0 Å². The lowest BCUT2D eigenvalue weighted by Crippen LogP contribution is -2.78. The Hall–Kier alpha value is -2.47. The average molecular weight is 573 g/mol. The maximum absolute atomic E-state index is 13.6. The van der Waals surface area contributed by atoms with Gasteiger partial charge in [0.25, 0.3) is 10.1 Å². The number of rotatable bonds is 3. The summed E-state index contributed by atoms with van der Waals surface area (Å²) in [5.41, 5.74) is 0.353. The number of phenols is 1. The first-order valence-electron chi connectivity index (χ1n) is 14.4. The Balaban J connectivity index is 0.000000490. The molecule has 0 aromatic heterocycles. The molecule has 0 radical (unpaired) electrons. The van der Waals surface area contributed by atoms with E-state index < -0.39 is 33.3 Å². The molecule has 4 fully saturated rings. The van der Waals surface area contributed by atoms with Crippen LogP contribution in [0.1, 0.15) is 56.1 Å². The first-order valence-corrected chi connectivity index (χ1v) is 16.2. The highest BCUT2D eigenvalue weighted by Gasteiger charge is 2.74. The molecule has 40 heavy (non-hydrogen) atoms. The number of fused-ring (bicyclic) bond motifs is 1. The molecule has 10 nitrogen and oxygen atoms in total. The van der Waals surface area contributed by atoms with E-state index in [9.17, 15) is 28.2 Å². The van der Waals surface area contributed by atoms with Gasteiger partial charge < -0.3 is 14.9 Å². The Labute approximate surface area is 233 Å². The summed E-state index contributed by atoms with van der Waals surface area (Å²) in [6.07, 6.45) is 10.5. The molecule has 8 rings (SSSR count). The standard InChI is InChI=1S/C28H32N2O5.CH4O3S/c31-20-8-7-16-13-21-28(34)10-9-19(30-25(32)17-3-1-2-4-18(17)26(30)33)24-27(28,22(16)23(20)35-24)11-12-29(21)14-15-5-6-15;1-5(2,3)4/h1-2,7-8,15,17-19,21,24,31,34H,3-6,9-14H2;1H3,(H,2,3,4)/t17-,18+,19-,21-,24+,27+,28-;/m1./s1. The number of aromatic hydroxyl groups is 1. The number of carbonyl (C=O) groups excluding carboxylic acids is 2. The number of phenolic OH excluding ortho intramolecular Hbond substituents is 1. The number of piperidine rings is 1. The summed E-state index contributed by atoms with van der Waals surface area (Å²) in [7, 11) is -3.67. The van der Waals surface area contributed by atoms with Crippen molar-refractivity contribution >= 4 is 21.9 Å². The number of aliphatic hydroxyl groups is 1. The largest absolute Gasteiger partial charge is 0.504 e. The van der Waals surface area contributed by atoms with Crippen LogP contribution in [0, 0.1) is 17.8 Å². The van der Waals surface area contributed by atoms with Crippen LogP contribution >= 0.6 is 0 Å². The van der Waals surface area contributed by atoms with Crippen LogP contribution in [0.4, 0.5) is 0 Å². The number of benzene rings is 1. The van der Waals surface area contributed by atoms with E-state index in [1.807, 2.05) is 18.2 Å². The number of likely N-dealkylation sites (tertiary alicyclic amines) is 2. The quantitative estimate of drug-likeness (QED) is 0.280. The Morgan fingerprint density at radius 2 is 1.70 bits per heavy atom. The van der Waals surface area contributed by atoms with Crippen LogP contribution in [0.15, 0.2) is 24.3 Å². The fourth-order valence-electron chi connectivity index (χ4n) is 8.87. The summed E-state index contributed by atoms with van der Waals surface area (Å²) in [4.78, 5) is 31.2. The summed E-state index contributed by atoms with van der Waals surface area (Å²) in [6.45, 7) is 1.89. The number of nitrogens with zero attached hydrogens (tertiary/aromatic N) is 2. The predicted octanol–water partition coefficient (Wildman–Crippen LogP) is 1.78. The van der Waals surface area contributed by atoms with Gasteiger partial charge in [0.1, 0.15) is 6.10 Å². The molecule has 2 saturated heterocycles. The van der Waals surface area contributed by atoms with Crippen LogP contribution in [0.25, 0.3) is 0 Å². The van der Waals surface area contributed by atoms with E-state index in [0.717, 1.165) is 36.6 Å². The SMILES string of the molecule is CS(=O)(=O)O.O=C1[C@H]2CC=CC[C@H]2C(=O)N1[C@@H]1CC[C@@]2(O)[C@H]3Cc4ccc(O)c5c4[C@@]2(CCN3CC2CC2)[C@H]1O5. The van der Waals surface area contributed by atoms with Crippen molar-refractivity contribution in [1.82, 2.24) is 9.80 Å². The van der Waals surface area contributed by atoms with Gasteiger partial charge in [0.05, 0.1) is 35.1 Å². The molecule has 1 aromatic carbocycles. The zero-order valence-electron chi connectivity index (χ0n) is 22.5. The summed E-state index contributed by atoms with van der Waals surface area (Å²) < 4.78 is 32.5. The van der Waals surface area contributed by atoms with Crippen LogP contribution in [0.2, 0.25) is 0 Å². The van der Waals surface area contributed by atoms with E-state index in [4.69, 9.17) is 9.29 Å². The van der Waals surface area contributed by atoms with Gasteiger partial charge in [-0.2, -0.15) is 8.42 Å². The predicted molar refractivity (Wildman–Crippen MR) is 143 cm³/mol. The highest BCUT2D eigenvalue weighted by molar-refractivity contribution is 7.85. The van der Waals surface area contributed by atoms with Crippen molar-refractivity contribution in [3.63, 3.8) is 0 Å². The molecule has 3 N–H and O–H groups in total. The van der Waals surface area contributed by atoms with Gasteiger partial charge in [0, 0.05) is 18.2 Å². The van der Waals surface area contributed by atoms with Gasteiger partial charge in [0.15, 0.2) is 11.5 Å². The molecular formula is C29H36N2O8S. The second-order valence-electron chi connectivity index (χ2n) is 12.8. The van der Waals surface area contributed by atoms with Crippen LogP contribution < -0.4 is 4.74 Å². The molecule has 216 valence electrons. The molecule has 3 aliphatic heterocycles. The average Bonchev–Trinajstić information content (AvgIpc) is 3.58. The summed E-state index contributed by atoms with van der Waals surface area (Å²) in [5, 5.41) is 23.4. The Morgan fingerprint density at radius 3 is 2.33 bits per heavy atom. The number of imide groups is 1. The monoisotopic (exact) mass is 572 g/mol. The van der Waals surface area contributed by atoms with Crippen molar-refractivity contribution < 1.29 is 37.5 Å². The minimum atomic E-state index is -3.67. The molecule has 2 amide bonds. The lowest BCUT2D eigenvalue weighted by Gasteiger charge is -2.64. The second kappa shape index (κ2) is 8.77. The van der Waals surface area contributed by atoms with E-state index in [2.05, 4.69) is 4.90 Å². The van der Waals surface area contributed by atoms with Crippen molar-refractivity contribution in [2.75, 3.05) is 19.3 Å². The van der Waals surface area contributed by atoms with Crippen molar-refractivity contribution in [2.45, 2.75) is 80.6 Å². The molecule has 7 aliphatic rings. The molecule has 11 heteroatoms. The van der Waals surface area contributed by atoms with Crippen molar-refractivity contribution in [3.8, 4) is 11.5 Å². The Kier molecular flexibility index (Phi) is 5.79. The molecule has 4 aliphatic carbocycles. The smallest absolute Gasteiger partial charge is 0.261 e. The number of hydrogen-bond donors (Lipinski definition) is 3. The first-order chi connectivity index (χ1) is 18.9. The third-order valence-corrected chi connectivity index (χ3v) is 10.6. The molecule has 1 spiro atoms. The summed E-state index contributed by atoms with van der Waals surface area (Å²) in [5.74, 6) is 0.552. The van der Waals surface area contributed by atoms with Gasteiger partial charge in [-0.3, -0.25) is 23.9 Å². The fourth-order valence-corrected chi connectivity index (χ4v) is 8.87. The van der Waals surface area contributed by atoms with Crippen LogP contribution in [0.3, 0.4) is 0 Å². The lowest BCUT2D eigenvalue weighted by atomic mass is 9.48. The minimum absolute atomic E-state index is 0.0105. The molecular weight excluding hydrogens is 536 g/mol. The maximum Gasteiger partial charge on any atom is 0.261 e. The third-order valence-electron chi connectivity index (χ3n) is 10.6. The number of hydrogen-bond acceptors (Lipinski definition) is 8. The van der Waals surface area contributed by atoms with Gasteiger partial charge in [0.2, 0.25) is 11.8 Å². The second-order valence-corrected chi connectivity index (χ2v) is 14.3. The molecule has 7 atom stereocenters. The highest BCUT2D eigenvalue weighted by Crippen LogP contribution is 2.66. The molecule has 1 aromatic rings. The van der Waals surface area contributed by atoms with E-state index in [1.165, 1.54) is 17.7 Å². The van der Waals surface area contributed by atoms with Crippen LogP contribution in [0.5, 0.6) is 11.5 Å². The fraction of sp³-hybridized carbons (Fsp3) is 0.655. The molecule has 0 unspecified atom stereocenters. The number of ether oxygens (including phenoxy) is 1.